The molecule has 1 atom stereocenters. The summed E-state index contributed by atoms with van der Waals surface area (Å²) in [6.07, 6.45) is 1.77. The number of nitrogens with zero attached hydrogens (tertiary/aromatic N) is 2. The van der Waals surface area contributed by atoms with E-state index in [2.05, 4.69) is 40.5 Å². The first-order valence-electron chi connectivity index (χ1n) is 9.85. The van der Waals surface area contributed by atoms with Crippen LogP contribution in [0, 0.1) is 0 Å². The van der Waals surface area contributed by atoms with Gasteiger partial charge in [0.25, 0.3) is 0 Å². The molecule has 1 heterocycles. The second-order valence-electron chi connectivity index (χ2n) is 7.98. The maximum absolute atomic E-state index is 12.4. The van der Waals surface area contributed by atoms with Crippen molar-refractivity contribution in [3.63, 3.8) is 0 Å². The van der Waals surface area contributed by atoms with E-state index in [1.54, 1.807) is 0 Å². The highest BCUT2D eigenvalue weighted by atomic mass is 16.6. The topological polar surface area (TPSA) is 44.8 Å². The summed E-state index contributed by atoms with van der Waals surface area (Å²) in [7, 11) is 0. The highest BCUT2D eigenvalue weighted by Crippen LogP contribution is 2.16. The van der Waals surface area contributed by atoms with Crippen molar-refractivity contribution in [1.29, 1.82) is 0 Å². The minimum absolute atomic E-state index is 0.209. The Hall–Kier alpha value is -1.59. The number of hydrogen-bond donors (Lipinski definition) is 1. The summed E-state index contributed by atoms with van der Waals surface area (Å²) in [5.74, 6) is 0. The lowest BCUT2D eigenvalue weighted by Gasteiger charge is -2.36. The smallest absolute Gasteiger partial charge is 0.410 e. The molecule has 0 radical (unpaired) electrons. The molecule has 5 heteroatoms. The Bertz CT molecular complexity index is 536. The Morgan fingerprint density at radius 3 is 2.46 bits per heavy atom. The lowest BCUT2D eigenvalue weighted by atomic mass is 10.0. The van der Waals surface area contributed by atoms with Gasteiger partial charge in [0.05, 0.1) is 0 Å². The number of benzene rings is 1. The Kier molecular flexibility index (Phi) is 7.91. The zero-order chi connectivity index (χ0) is 19.0. The molecule has 1 saturated heterocycles. The first-order chi connectivity index (χ1) is 12.4. The molecule has 146 valence electrons. The fourth-order valence-electron chi connectivity index (χ4n) is 3.36. The number of carbonyl (C=O) groups excluding carboxylic acids is 1. The zero-order valence-corrected chi connectivity index (χ0v) is 16.8. The first kappa shape index (κ1) is 20.7. The number of rotatable bonds is 7. The van der Waals surface area contributed by atoms with Crippen LogP contribution in [0.25, 0.3) is 0 Å². The van der Waals surface area contributed by atoms with Crippen LogP contribution in [-0.2, 0) is 11.2 Å². The molecule has 1 amide bonds. The van der Waals surface area contributed by atoms with Crippen LogP contribution < -0.4 is 5.32 Å². The van der Waals surface area contributed by atoms with Gasteiger partial charge in [-0.1, -0.05) is 30.3 Å². The highest BCUT2D eigenvalue weighted by Gasteiger charge is 2.25. The standard InChI is InChI=1S/C21H35N3O2/c1-5-23(20(25)26-21(2,3)4)14-11-19(24-15-12-22-13-16-24)17-18-9-7-6-8-10-18/h6-10,19,22H,5,11-17H2,1-4H3. The lowest BCUT2D eigenvalue weighted by Crippen LogP contribution is -2.50. The largest absolute Gasteiger partial charge is 0.444 e. The first-order valence-corrected chi connectivity index (χ1v) is 9.85. The van der Waals surface area contributed by atoms with Gasteiger partial charge < -0.3 is 15.0 Å². The number of ether oxygens (including phenoxy) is 1. The molecule has 1 N–H and O–H groups in total. The van der Waals surface area contributed by atoms with E-state index in [-0.39, 0.29) is 6.09 Å². The fourth-order valence-corrected chi connectivity index (χ4v) is 3.36. The van der Waals surface area contributed by atoms with E-state index < -0.39 is 5.60 Å². The van der Waals surface area contributed by atoms with Crippen molar-refractivity contribution >= 4 is 6.09 Å². The van der Waals surface area contributed by atoms with Crippen molar-refractivity contribution in [2.75, 3.05) is 39.3 Å². The van der Waals surface area contributed by atoms with Gasteiger partial charge in [-0.25, -0.2) is 4.79 Å². The monoisotopic (exact) mass is 361 g/mol. The van der Waals surface area contributed by atoms with Gasteiger partial charge in [-0.2, -0.15) is 0 Å². The van der Waals surface area contributed by atoms with Gasteiger partial charge in [-0.15, -0.1) is 0 Å². The van der Waals surface area contributed by atoms with Gasteiger partial charge in [0.15, 0.2) is 0 Å². The van der Waals surface area contributed by atoms with Gasteiger partial charge in [-0.05, 0) is 46.1 Å². The molecule has 0 bridgehead atoms. The van der Waals surface area contributed by atoms with E-state index in [4.69, 9.17) is 4.74 Å². The molecular formula is C21H35N3O2. The number of piperazine rings is 1. The van der Waals surface area contributed by atoms with Crippen molar-refractivity contribution in [3.8, 4) is 0 Å². The summed E-state index contributed by atoms with van der Waals surface area (Å²) in [6.45, 7) is 13.4. The van der Waals surface area contributed by atoms with Gasteiger partial charge in [0.2, 0.25) is 0 Å². The minimum Gasteiger partial charge on any atom is -0.444 e. The van der Waals surface area contributed by atoms with Crippen LogP contribution >= 0.6 is 0 Å². The summed E-state index contributed by atoms with van der Waals surface area (Å²) in [5, 5.41) is 3.43. The molecule has 1 aliphatic heterocycles. The Labute approximate surface area is 158 Å². The molecule has 2 rings (SSSR count). The third-order valence-corrected chi connectivity index (χ3v) is 4.75. The molecule has 5 nitrogen and oxygen atoms in total. The number of nitrogens with one attached hydrogen (secondary N) is 1. The van der Waals surface area contributed by atoms with Gasteiger partial charge in [0.1, 0.15) is 5.60 Å². The number of amides is 1. The van der Waals surface area contributed by atoms with Gasteiger partial charge >= 0.3 is 6.09 Å². The molecule has 0 aromatic heterocycles. The van der Waals surface area contributed by atoms with Crippen molar-refractivity contribution in [1.82, 2.24) is 15.1 Å². The van der Waals surface area contributed by atoms with Crippen molar-refractivity contribution in [2.45, 2.75) is 52.2 Å². The van der Waals surface area contributed by atoms with Crippen LogP contribution in [0.2, 0.25) is 0 Å². The number of hydrogen-bond acceptors (Lipinski definition) is 4. The second kappa shape index (κ2) is 9.93. The predicted molar refractivity (Wildman–Crippen MR) is 106 cm³/mol. The van der Waals surface area contributed by atoms with E-state index in [1.165, 1.54) is 5.56 Å². The molecule has 0 spiro atoms. The van der Waals surface area contributed by atoms with Crippen LogP contribution in [0.4, 0.5) is 4.79 Å². The summed E-state index contributed by atoms with van der Waals surface area (Å²) in [5.41, 5.74) is 0.906. The molecule has 0 saturated carbocycles. The lowest BCUT2D eigenvalue weighted by molar-refractivity contribution is 0.0239. The van der Waals surface area contributed by atoms with E-state index in [0.29, 0.717) is 12.6 Å². The summed E-state index contributed by atoms with van der Waals surface area (Å²) < 4.78 is 5.55. The molecule has 1 aliphatic rings. The van der Waals surface area contributed by atoms with E-state index in [9.17, 15) is 4.79 Å². The van der Waals surface area contributed by atoms with Crippen molar-refractivity contribution in [3.05, 3.63) is 35.9 Å². The normalized spacial score (nSPS) is 16.9. The Morgan fingerprint density at radius 2 is 1.88 bits per heavy atom. The molecule has 1 unspecified atom stereocenters. The molecular weight excluding hydrogens is 326 g/mol. The fraction of sp³-hybridized carbons (Fsp3) is 0.667. The van der Waals surface area contributed by atoms with E-state index in [1.807, 2.05) is 32.6 Å². The SMILES string of the molecule is CCN(CCC(Cc1ccccc1)N1CCNCC1)C(=O)OC(C)(C)C. The van der Waals surface area contributed by atoms with Crippen LogP contribution in [0.15, 0.2) is 30.3 Å². The summed E-state index contributed by atoms with van der Waals surface area (Å²) >= 11 is 0. The van der Waals surface area contributed by atoms with Crippen molar-refractivity contribution < 1.29 is 9.53 Å². The maximum Gasteiger partial charge on any atom is 0.410 e. The highest BCUT2D eigenvalue weighted by molar-refractivity contribution is 5.68. The average molecular weight is 362 g/mol. The zero-order valence-electron chi connectivity index (χ0n) is 16.8. The van der Waals surface area contributed by atoms with Gasteiger partial charge in [-0.3, -0.25) is 4.90 Å². The third-order valence-electron chi connectivity index (χ3n) is 4.75. The quantitative estimate of drug-likeness (QED) is 0.810. The maximum atomic E-state index is 12.4. The van der Waals surface area contributed by atoms with Crippen LogP contribution in [0.5, 0.6) is 0 Å². The van der Waals surface area contributed by atoms with Crippen molar-refractivity contribution in [2.24, 2.45) is 0 Å². The minimum atomic E-state index is -0.452. The third kappa shape index (κ3) is 6.96. The second-order valence-corrected chi connectivity index (χ2v) is 7.98. The average Bonchev–Trinajstić information content (AvgIpc) is 2.61. The molecule has 26 heavy (non-hydrogen) atoms. The Morgan fingerprint density at radius 1 is 1.23 bits per heavy atom. The van der Waals surface area contributed by atoms with Crippen LogP contribution in [0.3, 0.4) is 0 Å². The van der Waals surface area contributed by atoms with E-state index in [0.717, 1.165) is 45.6 Å². The van der Waals surface area contributed by atoms with Crippen LogP contribution in [-0.4, -0.2) is 66.8 Å². The summed E-state index contributed by atoms with van der Waals surface area (Å²) in [6, 6.07) is 11.1. The Balaban J connectivity index is 1.99. The summed E-state index contributed by atoms with van der Waals surface area (Å²) in [4.78, 5) is 16.8. The van der Waals surface area contributed by atoms with E-state index >= 15 is 0 Å². The molecule has 0 aliphatic carbocycles. The van der Waals surface area contributed by atoms with Gasteiger partial charge in [0, 0.05) is 45.3 Å². The molecule has 1 aromatic rings. The van der Waals surface area contributed by atoms with Crippen LogP contribution in [0.1, 0.15) is 39.7 Å². The predicted octanol–water partition coefficient (Wildman–Crippen LogP) is 3.15. The number of carbonyl (C=O) groups is 1. The molecule has 1 aromatic carbocycles. The molecule has 1 fully saturated rings.